The molecule has 0 saturated carbocycles. The number of hydrogen-bond donors (Lipinski definition) is 2. The smallest absolute Gasteiger partial charge is 0.191 e. The molecule has 0 fully saturated rings. The van der Waals surface area contributed by atoms with Crippen molar-refractivity contribution in [1.29, 1.82) is 0 Å². The SMILES string of the molecule is CCNC(=NCCOc1ccccc1C(C)C)NC(C)Cc1c(C)nn(C)c1C.I. The van der Waals surface area contributed by atoms with Crippen molar-refractivity contribution in [2.75, 3.05) is 19.7 Å². The van der Waals surface area contributed by atoms with Gasteiger partial charge in [0.1, 0.15) is 12.4 Å². The number of guanidine groups is 1. The summed E-state index contributed by atoms with van der Waals surface area (Å²) in [6, 6.07) is 8.47. The number of nitrogens with zero attached hydrogens (tertiary/aromatic N) is 3. The molecule has 0 aliphatic carbocycles. The van der Waals surface area contributed by atoms with E-state index >= 15 is 0 Å². The lowest BCUT2D eigenvalue weighted by atomic mass is 10.0. The molecule has 1 unspecified atom stereocenters. The highest BCUT2D eigenvalue weighted by molar-refractivity contribution is 14.0. The maximum Gasteiger partial charge on any atom is 0.191 e. The van der Waals surface area contributed by atoms with Crippen LogP contribution >= 0.6 is 24.0 Å². The number of aromatic nitrogens is 2. The first-order valence-corrected chi connectivity index (χ1v) is 10.6. The Balaban J connectivity index is 0.00000450. The molecule has 0 spiro atoms. The second kappa shape index (κ2) is 12.8. The summed E-state index contributed by atoms with van der Waals surface area (Å²) in [6.07, 6.45) is 0.911. The van der Waals surface area contributed by atoms with Crippen LogP contribution in [0.5, 0.6) is 5.75 Å². The maximum absolute atomic E-state index is 5.99. The lowest BCUT2D eigenvalue weighted by Crippen LogP contribution is -2.43. The van der Waals surface area contributed by atoms with Crippen molar-refractivity contribution in [3.05, 3.63) is 46.8 Å². The van der Waals surface area contributed by atoms with Crippen LogP contribution in [0.2, 0.25) is 0 Å². The fourth-order valence-electron chi connectivity index (χ4n) is 3.43. The number of ether oxygens (including phenoxy) is 1. The number of aliphatic imine (C=N–C) groups is 1. The molecule has 2 N–H and O–H groups in total. The maximum atomic E-state index is 5.99. The van der Waals surface area contributed by atoms with E-state index in [0.717, 1.165) is 30.4 Å². The molecule has 1 aromatic carbocycles. The standard InChI is InChI=1S/C23H37N5O.HI/c1-8-24-23(26-17(4)15-21-18(5)27-28(7)19(21)6)25-13-14-29-22-12-10-9-11-20(22)16(2)3;/h9-12,16-17H,8,13-15H2,1-7H3,(H2,24,25,26);1H. The first-order chi connectivity index (χ1) is 13.8. The lowest BCUT2D eigenvalue weighted by molar-refractivity contribution is 0.323. The van der Waals surface area contributed by atoms with Gasteiger partial charge in [-0.15, -0.1) is 24.0 Å². The van der Waals surface area contributed by atoms with Gasteiger partial charge in [0.2, 0.25) is 0 Å². The predicted molar refractivity (Wildman–Crippen MR) is 136 cm³/mol. The molecule has 2 rings (SSSR count). The molecule has 0 bridgehead atoms. The summed E-state index contributed by atoms with van der Waals surface area (Å²) in [5.74, 6) is 2.21. The summed E-state index contributed by atoms with van der Waals surface area (Å²) in [6.45, 7) is 14.8. The Labute approximate surface area is 198 Å². The first-order valence-electron chi connectivity index (χ1n) is 10.6. The summed E-state index contributed by atoms with van der Waals surface area (Å²) in [7, 11) is 1.99. The number of halogens is 1. The minimum absolute atomic E-state index is 0. The van der Waals surface area contributed by atoms with Gasteiger partial charge in [-0.2, -0.15) is 5.10 Å². The molecule has 0 amide bonds. The Kier molecular flexibility index (Phi) is 11.2. The number of nitrogens with one attached hydrogen (secondary N) is 2. The molecule has 1 heterocycles. The van der Waals surface area contributed by atoms with E-state index in [4.69, 9.17) is 4.74 Å². The van der Waals surface area contributed by atoms with Crippen molar-refractivity contribution in [3.63, 3.8) is 0 Å². The Hall–Kier alpha value is -1.77. The Morgan fingerprint density at radius 2 is 1.90 bits per heavy atom. The van der Waals surface area contributed by atoms with Gasteiger partial charge >= 0.3 is 0 Å². The van der Waals surface area contributed by atoms with Gasteiger partial charge < -0.3 is 15.4 Å². The molecule has 168 valence electrons. The summed E-state index contributed by atoms with van der Waals surface area (Å²) in [5.41, 5.74) is 4.85. The normalized spacial score (nSPS) is 12.5. The number of rotatable bonds is 9. The van der Waals surface area contributed by atoms with Crippen molar-refractivity contribution >= 4 is 29.9 Å². The minimum atomic E-state index is 0. The average Bonchev–Trinajstić information content (AvgIpc) is 2.91. The number of aryl methyl sites for hydroxylation is 2. The molecule has 1 aromatic heterocycles. The van der Waals surface area contributed by atoms with Gasteiger partial charge in [-0.3, -0.25) is 4.68 Å². The number of para-hydroxylation sites is 1. The third-order valence-electron chi connectivity index (χ3n) is 5.06. The molecule has 0 aliphatic heterocycles. The summed E-state index contributed by atoms with van der Waals surface area (Å²) < 4.78 is 7.94. The van der Waals surface area contributed by atoms with Crippen molar-refractivity contribution < 1.29 is 4.74 Å². The van der Waals surface area contributed by atoms with E-state index < -0.39 is 0 Å². The summed E-state index contributed by atoms with van der Waals surface area (Å²) in [4.78, 5) is 4.68. The van der Waals surface area contributed by atoms with Crippen LogP contribution < -0.4 is 15.4 Å². The second-order valence-electron chi connectivity index (χ2n) is 7.82. The van der Waals surface area contributed by atoms with Crippen LogP contribution in [0.4, 0.5) is 0 Å². The quantitative estimate of drug-likeness (QED) is 0.221. The fourth-order valence-corrected chi connectivity index (χ4v) is 3.43. The van der Waals surface area contributed by atoms with Crippen LogP contribution in [0.25, 0.3) is 0 Å². The van der Waals surface area contributed by atoms with Crippen LogP contribution in [-0.2, 0) is 13.5 Å². The Bertz CT molecular complexity index is 816. The van der Waals surface area contributed by atoms with Crippen LogP contribution in [0.15, 0.2) is 29.3 Å². The molecule has 30 heavy (non-hydrogen) atoms. The van der Waals surface area contributed by atoms with Gasteiger partial charge in [-0.1, -0.05) is 32.0 Å². The van der Waals surface area contributed by atoms with Crippen molar-refractivity contribution in [2.45, 2.75) is 59.9 Å². The molecule has 0 radical (unpaired) electrons. The van der Waals surface area contributed by atoms with Crippen LogP contribution in [0.3, 0.4) is 0 Å². The van der Waals surface area contributed by atoms with E-state index in [9.17, 15) is 0 Å². The van der Waals surface area contributed by atoms with E-state index in [-0.39, 0.29) is 30.0 Å². The molecular formula is C23H38IN5O. The van der Waals surface area contributed by atoms with E-state index in [2.05, 4.69) is 74.4 Å². The van der Waals surface area contributed by atoms with Crippen molar-refractivity contribution in [1.82, 2.24) is 20.4 Å². The highest BCUT2D eigenvalue weighted by Crippen LogP contribution is 2.25. The van der Waals surface area contributed by atoms with Crippen LogP contribution in [0, 0.1) is 13.8 Å². The molecule has 7 heteroatoms. The number of hydrogen-bond acceptors (Lipinski definition) is 3. The third-order valence-corrected chi connectivity index (χ3v) is 5.06. The van der Waals surface area contributed by atoms with Gasteiger partial charge in [-0.25, -0.2) is 4.99 Å². The van der Waals surface area contributed by atoms with E-state index in [1.807, 2.05) is 23.9 Å². The van der Waals surface area contributed by atoms with Crippen molar-refractivity contribution in [2.24, 2.45) is 12.0 Å². The largest absolute Gasteiger partial charge is 0.491 e. The Morgan fingerprint density at radius 1 is 1.20 bits per heavy atom. The molecule has 6 nitrogen and oxygen atoms in total. The zero-order valence-electron chi connectivity index (χ0n) is 19.5. The van der Waals surface area contributed by atoms with Gasteiger partial charge in [0.15, 0.2) is 5.96 Å². The van der Waals surface area contributed by atoms with E-state index in [0.29, 0.717) is 19.1 Å². The zero-order valence-corrected chi connectivity index (χ0v) is 21.8. The van der Waals surface area contributed by atoms with Crippen LogP contribution in [0.1, 0.15) is 56.1 Å². The highest BCUT2D eigenvalue weighted by atomic mass is 127. The summed E-state index contributed by atoms with van der Waals surface area (Å²) in [5, 5.41) is 11.3. The van der Waals surface area contributed by atoms with Gasteiger partial charge in [0, 0.05) is 25.3 Å². The zero-order chi connectivity index (χ0) is 21.4. The minimum Gasteiger partial charge on any atom is -0.491 e. The first kappa shape index (κ1) is 26.3. The second-order valence-corrected chi connectivity index (χ2v) is 7.82. The van der Waals surface area contributed by atoms with Crippen LogP contribution in [-0.4, -0.2) is 41.5 Å². The van der Waals surface area contributed by atoms with Gasteiger partial charge in [0.25, 0.3) is 0 Å². The molecule has 1 atom stereocenters. The lowest BCUT2D eigenvalue weighted by Gasteiger charge is -2.18. The summed E-state index contributed by atoms with van der Waals surface area (Å²) >= 11 is 0. The van der Waals surface area contributed by atoms with E-state index in [1.165, 1.54) is 16.8 Å². The third kappa shape index (κ3) is 7.49. The molecule has 0 saturated heterocycles. The number of benzene rings is 1. The fraction of sp³-hybridized carbons (Fsp3) is 0.565. The predicted octanol–water partition coefficient (Wildman–Crippen LogP) is 4.34. The molecule has 0 aliphatic rings. The van der Waals surface area contributed by atoms with Gasteiger partial charge in [-0.05, 0) is 57.2 Å². The molecular weight excluding hydrogens is 489 g/mol. The average molecular weight is 527 g/mol. The highest BCUT2D eigenvalue weighted by Gasteiger charge is 2.14. The van der Waals surface area contributed by atoms with E-state index in [1.54, 1.807) is 0 Å². The molecule has 2 aromatic rings. The van der Waals surface area contributed by atoms with Crippen molar-refractivity contribution in [3.8, 4) is 5.75 Å². The Morgan fingerprint density at radius 3 is 2.50 bits per heavy atom. The monoisotopic (exact) mass is 527 g/mol. The topological polar surface area (TPSA) is 63.5 Å². The van der Waals surface area contributed by atoms with Gasteiger partial charge in [0.05, 0.1) is 12.2 Å².